The number of thiophene rings is 1. The maximum absolute atomic E-state index is 13.0. The third kappa shape index (κ3) is 2.58. The molecule has 0 fully saturated rings. The van der Waals surface area contributed by atoms with Crippen LogP contribution in [0, 0.1) is 0 Å². The summed E-state index contributed by atoms with van der Waals surface area (Å²) >= 11 is 1.05. The van der Waals surface area contributed by atoms with Crippen molar-refractivity contribution in [3.05, 3.63) is 46.3 Å². The first-order valence-corrected chi connectivity index (χ1v) is 6.05. The molecule has 6 heteroatoms. The van der Waals surface area contributed by atoms with Gasteiger partial charge in [0.15, 0.2) is 6.29 Å². The molecule has 0 atom stereocenters. The Morgan fingerprint density at radius 2 is 1.79 bits per heavy atom. The molecular weight excluding hydrogens is 277 g/mol. The van der Waals surface area contributed by atoms with Crippen LogP contribution in [0.4, 0.5) is 13.2 Å². The molecule has 0 saturated carbocycles. The molecule has 0 aliphatic heterocycles. The van der Waals surface area contributed by atoms with Gasteiger partial charge < -0.3 is 0 Å². The summed E-state index contributed by atoms with van der Waals surface area (Å²) in [5.74, 6) is 0. The summed E-state index contributed by atoms with van der Waals surface area (Å²) < 4.78 is 39.0. The molecule has 0 aliphatic rings. The molecule has 2 aromatic rings. The Balaban J connectivity index is 2.70. The molecule has 0 saturated heterocycles. The highest BCUT2D eigenvalue weighted by Gasteiger charge is 2.34. The van der Waals surface area contributed by atoms with Crippen molar-refractivity contribution < 1.29 is 22.8 Å². The summed E-state index contributed by atoms with van der Waals surface area (Å²) in [4.78, 5) is 21.7. The van der Waals surface area contributed by atoms with Crippen LogP contribution in [-0.4, -0.2) is 12.6 Å². The van der Waals surface area contributed by atoms with Gasteiger partial charge in [0.05, 0.1) is 5.56 Å². The maximum Gasteiger partial charge on any atom is 0.417 e. The molecule has 2 rings (SSSR count). The molecule has 0 amide bonds. The molecule has 1 aromatic carbocycles. The number of rotatable bonds is 3. The third-order valence-electron chi connectivity index (χ3n) is 2.55. The van der Waals surface area contributed by atoms with Gasteiger partial charge in [0.1, 0.15) is 6.29 Å². The monoisotopic (exact) mass is 284 g/mol. The summed E-state index contributed by atoms with van der Waals surface area (Å²) in [5.41, 5.74) is -0.854. The highest BCUT2D eigenvalue weighted by Crippen LogP contribution is 2.40. The van der Waals surface area contributed by atoms with Crippen LogP contribution in [0.1, 0.15) is 26.3 Å². The van der Waals surface area contributed by atoms with Crippen molar-refractivity contribution in [3.63, 3.8) is 0 Å². The predicted octanol–water partition coefficient (Wildman–Crippen LogP) is 4.06. The number of halogens is 3. The van der Waals surface area contributed by atoms with E-state index in [-0.39, 0.29) is 21.6 Å². The Morgan fingerprint density at radius 1 is 1.05 bits per heavy atom. The summed E-state index contributed by atoms with van der Waals surface area (Å²) in [6, 6.07) is 4.76. The van der Waals surface area contributed by atoms with E-state index in [9.17, 15) is 22.8 Å². The lowest BCUT2D eigenvalue weighted by molar-refractivity contribution is -0.137. The van der Waals surface area contributed by atoms with Crippen LogP contribution in [0.25, 0.3) is 10.4 Å². The first-order valence-electron chi connectivity index (χ1n) is 5.17. The van der Waals surface area contributed by atoms with Crippen molar-refractivity contribution in [2.75, 3.05) is 0 Å². The minimum absolute atomic E-state index is 0.0553. The Morgan fingerprint density at radius 3 is 2.37 bits per heavy atom. The zero-order valence-electron chi connectivity index (χ0n) is 9.40. The average Bonchev–Trinajstić information content (AvgIpc) is 2.85. The first-order chi connectivity index (χ1) is 8.97. The minimum Gasteiger partial charge on any atom is -0.298 e. The van der Waals surface area contributed by atoms with Crippen molar-refractivity contribution in [1.29, 1.82) is 0 Å². The van der Waals surface area contributed by atoms with E-state index < -0.39 is 11.7 Å². The smallest absolute Gasteiger partial charge is 0.298 e. The summed E-state index contributed by atoms with van der Waals surface area (Å²) in [5, 5.41) is 1.55. The van der Waals surface area contributed by atoms with Gasteiger partial charge in [-0.2, -0.15) is 13.2 Å². The summed E-state index contributed by atoms with van der Waals surface area (Å²) in [6.07, 6.45) is -3.72. The van der Waals surface area contributed by atoms with Crippen molar-refractivity contribution in [1.82, 2.24) is 0 Å². The second-order valence-corrected chi connectivity index (χ2v) is 4.66. The van der Waals surface area contributed by atoms with Crippen LogP contribution in [0.15, 0.2) is 29.6 Å². The standard InChI is InChI=1S/C13H7F3O2S/c14-13(15,16)11-5-8(6-17)1-2-10(11)12-9(7-18)3-4-19-12/h1-7H. The number of hydrogen-bond donors (Lipinski definition) is 0. The van der Waals surface area contributed by atoms with E-state index in [4.69, 9.17) is 0 Å². The fourth-order valence-corrected chi connectivity index (χ4v) is 2.61. The molecule has 0 radical (unpaired) electrons. The SMILES string of the molecule is O=Cc1ccc(-c2sccc2C=O)c(C(F)(F)F)c1. The van der Waals surface area contributed by atoms with E-state index in [1.54, 1.807) is 5.38 Å². The van der Waals surface area contributed by atoms with E-state index in [2.05, 4.69) is 0 Å². The molecule has 0 bridgehead atoms. The number of carbonyl (C=O) groups is 2. The van der Waals surface area contributed by atoms with E-state index >= 15 is 0 Å². The fourth-order valence-electron chi connectivity index (χ4n) is 1.70. The van der Waals surface area contributed by atoms with Gasteiger partial charge >= 0.3 is 6.18 Å². The molecule has 98 valence electrons. The van der Waals surface area contributed by atoms with Crippen molar-refractivity contribution in [3.8, 4) is 10.4 Å². The molecule has 1 aromatic heterocycles. The topological polar surface area (TPSA) is 34.1 Å². The molecule has 0 aliphatic carbocycles. The van der Waals surface area contributed by atoms with Gasteiger partial charge in [-0.05, 0) is 17.5 Å². The Bertz CT molecular complexity index is 629. The van der Waals surface area contributed by atoms with E-state index in [1.165, 1.54) is 18.2 Å². The minimum atomic E-state index is -4.58. The third-order valence-corrected chi connectivity index (χ3v) is 3.52. The van der Waals surface area contributed by atoms with E-state index in [0.29, 0.717) is 12.6 Å². The van der Waals surface area contributed by atoms with Crippen LogP contribution in [0.3, 0.4) is 0 Å². The Kier molecular flexibility index (Phi) is 3.53. The zero-order valence-corrected chi connectivity index (χ0v) is 10.2. The molecule has 1 heterocycles. The van der Waals surface area contributed by atoms with Gasteiger partial charge in [-0.1, -0.05) is 12.1 Å². The zero-order chi connectivity index (χ0) is 14.0. The Hall–Kier alpha value is -1.95. The molecule has 0 spiro atoms. The van der Waals surface area contributed by atoms with Gasteiger partial charge in [0, 0.05) is 21.6 Å². The lowest BCUT2D eigenvalue weighted by atomic mass is 10.0. The number of alkyl halides is 3. The Labute approximate surface area is 110 Å². The average molecular weight is 284 g/mol. The summed E-state index contributed by atoms with van der Waals surface area (Å²) in [7, 11) is 0. The van der Waals surface area contributed by atoms with E-state index in [1.807, 2.05) is 0 Å². The molecule has 2 nitrogen and oxygen atoms in total. The molecule has 0 N–H and O–H groups in total. The van der Waals surface area contributed by atoms with Crippen LogP contribution < -0.4 is 0 Å². The largest absolute Gasteiger partial charge is 0.417 e. The number of carbonyl (C=O) groups excluding carboxylic acids is 2. The lowest BCUT2D eigenvalue weighted by Gasteiger charge is -2.12. The first kappa shape index (κ1) is 13.5. The van der Waals surface area contributed by atoms with Gasteiger partial charge in [-0.3, -0.25) is 9.59 Å². The predicted molar refractivity (Wildman–Crippen MR) is 65.5 cm³/mol. The number of benzene rings is 1. The van der Waals surface area contributed by atoms with Gasteiger partial charge in [-0.25, -0.2) is 0 Å². The fraction of sp³-hybridized carbons (Fsp3) is 0.0769. The quantitative estimate of drug-likeness (QED) is 0.796. The highest BCUT2D eigenvalue weighted by molar-refractivity contribution is 7.14. The van der Waals surface area contributed by atoms with Gasteiger partial charge in [-0.15, -0.1) is 11.3 Å². The maximum atomic E-state index is 13.0. The second kappa shape index (κ2) is 4.97. The summed E-state index contributed by atoms with van der Waals surface area (Å²) in [6.45, 7) is 0. The normalized spacial score (nSPS) is 11.3. The van der Waals surface area contributed by atoms with Crippen molar-refractivity contribution >= 4 is 23.9 Å². The lowest BCUT2D eigenvalue weighted by Crippen LogP contribution is -2.08. The molecule has 0 unspecified atom stereocenters. The van der Waals surface area contributed by atoms with Gasteiger partial charge in [0.2, 0.25) is 0 Å². The van der Waals surface area contributed by atoms with Crippen LogP contribution in [0.2, 0.25) is 0 Å². The van der Waals surface area contributed by atoms with Crippen molar-refractivity contribution in [2.45, 2.75) is 6.18 Å². The van der Waals surface area contributed by atoms with E-state index in [0.717, 1.165) is 17.4 Å². The van der Waals surface area contributed by atoms with Gasteiger partial charge in [0.25, 0.3) is 0 Å². The molecule has 19 heavy (non-hydrogen) atoms. The van der Waals surface area contributed by atoms with Crippen LogP contribution >= 0.6 is 11.3 Å². The number of aldehydes is 2. The number of hydrogen-bond acceptors (Lipinski definition) is 3. The van der Waals surface area contributed by atoms with Crippen LogP contribution in [0.5, 0.6) is 0 Å². The molecular formula is C13H7F3O2S. The van der Waals surface area contributed by atoms with Crippen molar-refractivity contribution in [2.24, 2.45) is 0 Å². The van der Waals surface area contributed by atoms with Crippen LogP contribution in [-0.2, 0) is 6.18 Å². The second-order valence-electron chi connectivity index (χ2n) is 3.74. The highest BCUT2D eigenvalue weighted by atomic mass is 32.1.